The highest BCUT2D eigenvalue weighted by molar-refractivity contribution is 6.30. The van der Waals surface area contributed by atoms with Crippen molar-refractivity contribution in [3.05, 3.63) is 59.4 Å². The molecule has 20 heavy (non-hydrogen) atoms. The van der Waals surface area contributed by atoms with Crippen molar-refractivity contribution in [1.29, 1.82) is 0 Å². The Morgan fingerprint density at radius 2 is 1.85 bits per heavy atom. The molecule has 3 nitrogen and oxygen atoms in total. The number of hydrogen-bond acceptors (Lipinski definition) is 3. The SMILES string of the molecule is OC(CNc1ccc(Cl)cc1)COc1ccccc1F. The maximum absolute atomic E-state index is 13.3. The highest BCUT2D eigenvalue weighted by atomic mass is 35.5. The van der Waals surface area contributed by atoms with Crippen LogP contribution in [-0.2, 0) is 0 Å². The fourth-order valence-corrected chi connectivity index (χ4v) is 1.74. The van der Waals surface area contributed by atoms with E-state index in [4.69, 9.17) is 16.3 Å². The second-order valence-electron chi connectivity index (χ2n) is 4.28. The minimum absolute atomic E-state index is 0.0154. The summed E-state index contributed by atoms with van der Waals surface area (Å²) in [6.07, 6.45) is -0.745. The van der Waals surface area contributed by atoms with E-state index in [1.165, 1.54) is 12.1 Å². The minimum Gasteiger partial charge on any atom is -0.488 e. The van der Waals surface area contributed by atoms with Crippen LogP contribution in [0.3, 0.4) is 0 Å². The Bertz CT molecular complexity index is 548. The summed E-state index contributed by atoms with van der Waals surface area (Å²) in [5.74, 6) is -0.302. The van der Waals surface area contributed by atoms with Gasteiger partial charge in [0.05, 0.1) is 0 Å². The van der Waals surface area contributed by atoms with Crippen molar-refractivity contribution in [1.82, 2.24) is 0 Å². The van der Waals surface area contributed by atoms with Crippen LogP contribution in [0.15, 0.2) is 48.5 Å². The normalized spacial score (nSPS) is 11.9. The topological polar surface area (TPSA) is 41.5 Å². The van der Waals surface area contributed by atoms with E-state index < -0.39 is 11.9 Å². The average Bonchev–Trinajstić information content (AvgIpc) is 2.46. The van der Waals surface area contributed by atoms with Gasteiger partial charge in [-0.3, -0.25) is 0 Å². The van der Waals surface area contributed by atoms with Crippen molar-refractivity contribution in [2.75, 3.05) is 18.5 Å². The lowest BCUT2D eigenvalue weighted by atomic mass is 10.3. The lowest BCUT2D eigenvalue weighted by Gasteiger charge is -2.14. The first-order chi connectivity index (χ1) is 9.65. The van der Waals surface area contributed by atoms with Crippen LogP contribution in [0.4, 0.5) is 10.1 Å². The van der Waals surface area contributed by atoms with E-state index >= 15 is 0 Å². The summed E-state index contributed by atoms with van der Waals surface area (Å²) in [5, 5.41) is 13.5. The summed E-state index contributed by atoms with van der Waals surface area (Å²) in [4.78, 5) is 0. The highest BCUT2D eigenvalue weighted by Crippen LogP contribution is 2.16. The molecule has 0 aliphatic rings. The molecule has 1 atom stereocenters. The van der Waals surface area contributed by atoms with Crippen molar-refractivity contribution in [2.24, 2.45) is 0 Å². The van der Waals surface area contributed by atoms with Gasteiger partial charge in [-0.05, 0) is 36.4 Å². The first-order valence-corrected chi connectivity index (χ1v) is 6.58. The van der Waals surface area contributed by atoms with Crippen LogP contribution >= 0.6 is 11.6 Å². The van der Waals surface area contributed by atoms with E-state index in [9.17, 15) is 9.50 Å². The molecule has 0 radical (unpaired) electrons. The number of nitrogens with one attached hydrogen (secondary N) is 1. The van der Waals surface area contributed by atoms with Crippen LogP contribution in [0.1, 0.15) is 0 Å². The molecule has 0 aromatic heterocycles. The number of aliphatic hydroxyl groups excluding tert-OH is 1. The zero-order chi connectivity index (χ0) is 14.4. The summed E-state index contributed by atoms with van der Waals surface area (Å²) in [5.41, 5.74) is 0.847. The number of halogens is 2. The zero-order valence-electron chi connectivity index (χ0n) is 10.7. The molecule has 2 rings (SSSR count). The molecule has 106 valence electrons. The summed E-state index contributed by atoms with van der Waals surface area (Å²) < 4.78 is 18.5. The third-order valence-corrected chi connectivity index (χ3v) is 2.91. The molecule has 5 heteroatoms. The Labute approximate surface area is 122 Å². The van der Waals surface area contributed by atoms with Gasteiger partial charge in [0.1, 0.15) is 12.7 Å². The van der Waals surface area contributed by atoms with Gasteiger partial charge in [-0.1, -0.05) is 23.7 Å². The number of anilines is 1. The molecule has 1 unspecified atom stereocenters. The van der Waals surface area contributed by atoms with Crippen molar-refractivity contribution in [2.45, 2.75) is 6.10 Å². The fraction of sp³-hybridized carbons (Fsp3) is 0.200. The molecular weight excluding hydrogens is 281 g/mol. The Morgan fingerprint density at radius 3 is 2.55 bits per heavy atom. The van der Waals surface area contributed by atoms with E-state index in [0.717, 1.165) is 5.69 Å². The van der Waals surface area contributed by atoms with Crippen LogP contribution < -0.4 is 10.1 Å². The van der Waals surface area contributed by atoms with Crippen molar-refractivity contribution >= 4 is 17.3 Å². The molecule has 0 fully saturated rings. The van der Waals surface area contributed by atoms with Crippen LogP contribution in [0.5, 0.6) is 5.75 Å². The molecule has 0 aliphatic heterocycles. The summed E-state index contributed by atoms with van der Waals surface area (Å²) in [6, 6.07) is 13.2. The Kier molecular flexibility index (Phi) is 5.21. The Hall–Kier alpha value is -1.78. The van der Waals surface area contributed by atoms with Gasteiger partial charge < -0.3 is 15.2 Å². The molecule has 0 heterocycles. The summed E-state index contributed by atoms with van der Waals surface area (Å²) in [7, 11) is 0. The molecule has 0 saturated carbocycles. The Morgan fingerprint density at radius 1 is 1.15 bits per heavy atom. The van der Waals surface area contributed by atoms with Crippen molar-refractivity contribution in [3.8, 4) is 5.75 Å². The maximum Gasteiger partial charge on any atom is 0.165 e. The predicted molar refractivity (Wildman–Crippen MR) is 77.8 cm³/mol. The fourth-order valence-electron chi connectivity index (χ4n) is 1.61. The monoisotopic (exact) mass is 295 g/mol. The standard InChI is InChI=1S/C15H15ClFNO2/c16-11-5-7-12(8-6-11)18-9-13(19)10-20-15-4-2-1-3-14(15)17/h1-8,13,18-19H,9-10H2. The molecule has 2 aromatic rings. The van der Waals surface area contributed by atoms with Crippen molar-refractivity contribution in [3.63, 3.8) is 0 Å². The summed E-state index contributed by atoms with van der Waals surface area (Å²) >= 11 is 5.77. The first-order valence-electron chi connectivity index (χ1n) is 6.20. The molecule has 2 N–H and O–H groups in total. The van der Waals surface area contributed by atoms with Gasteiger partial charge in [-0.25, -0.2) is 4.39 Å². The van der Waals surface area contributed by atoms with Gasteiger partial charge in [0.2, 0.25) is 0 Å². The van der Waals surface area contributed by atoms with Crippen LogP contribution in [0.2, 0.25) is 5.02 Å². The van der Waals surface area contributed by atoms with Gasteiger partial charge in [-0.2, -0.15) is 0 Å². The number of ether oxygens (including phenoxy) is 1. The molecule has 0 amide bonds. The molecule has 0 saturated heterocycles. The Balaban J connectivity index is 1.77. The quantitative estimate of drug-likeness (QED) is 0.859. The highest BCUT2D eigenvalue weighted by Gasteiger charge is 2.07. The smallest absolute Gasteiger partial charge is 0.165 e. The minimum atomic E-state index is -0.745. The van der Waals surface area contributed by atoms with E-state index in [2.05, 4.69) is 5.32 Å². The zero-order valence-corrected chi connectivity index (χ0v) is 11.5. The molecule has 0 aliphatic carbocycles. The van der Waals surface area contributed by atoms with Crippen LogP contribution in [-0.4, -0.2) is 24.4 Å². The second-order valence-corrected chi connectivity index (χ2v) is 4.72. The second kappa shape index (κ2) is 7.12. The third-order valence-electron chi connectivity index (χ3n) is 2.65. The average molecular weight is 296 g/mol. The van der Waals surface area contributed by atoms with Gasteiger partial charge in [0, 0.05) is 17.3 Å². The maximum atomic E-state index is 13.3. The lowest BCUT2D eigenvalue weighted by Crippen LogP contribution is -2.26. The van der Waals surface area contributed by atoms with Crippen LogP contribution in [0, 0.1) is 5.82 Å². The largest absolute Gasteiger partial charge is 0.488 e. The number of aliphatic hydroxyl groups is 1. The lowest BCUT2D eigenvalue weighted by molar-refractivity contribution is 0.115. The van der Waals surface area contributed by atoms with Crippen molar-refractivity contribution < 1.29 is 14.2 Å². The van der Waals surface area contributed by atoms with Gasteiger partial charge >= 0.3 is 0 Å². The van der Waals surface area contributed by atoms with E-state index in [-0.39, 0.29) is 12.4 Å². The van der Waals surface area contributed by atoms with E-state index in [1.54, 1.807) is 24.3 Å². The molecule has 0 bridgehead atoms. The number of para-hydroxylation sites is 1. The molecular formula is C15H15ClFNO2. The van der Waals surface area contributed by atoms with Crippen LogP contribution in [0.25, 0.3) is 0 Å². The van der Waals surface area contributed by atoms with Gasteiger partial charge in [0.15, 0.2) is 11.6 Å². The number of hydrogen-bond donors (Lipinski definition) is 2. The van der Waals surface area contributed by atoms with E-state index in [0.29, 0.717) is 11.6 Å². The first kappa shape index (κ1) is 14.6. The number of benzene rings is 2. The van der Waals surface area contributed by atoms with E-state index in [1.807, 2.05) is 12.1 Å². The number of rotatable bonds is 6. The van der Waals surface area contributed by atoms with Gasteiger partial charge in [0.25, 0.3) is 0 Å². The summed E-state index contributed by atoms with van der Waals surface area (Å²) in [6.45, 7) is 0.317. The van der Waals surface area contributed by atoms with Gasteiger partial charge in [-0.15, -0.1) is 0 Å². The predicted octanol–water partition coefficient (Wildman–Crippen LogP) is 3.33. The third kappa shape index (κ3) is 4.40. The molecule has 0 spiro atoms. The molecule has 2 aromatic carbocycles.